The van der Waals surface area contributed by atoms with Crippen LogP contribution in [-0.2, 0) is 23.2 Å². The van der Waals surface area contributed by atoms with Crippen LogP contribution in [0, 0.1) is 18.3 Å². The standard InChI is InChI=1S/C18H15ClN4O2/c1-12-14(18(19)22(2)21-12)6-7-17(24)25-11-13-10-23-8-4-3-5-16(23)15(13)9-20/h3-8,10H,11H2,1-2H3/b7-6+. The molecule has 3 aromatic heterocycles. The van der Waals surface area contributed by atoms with Crippen molar-refractivity contribution in [3.05, 3.63) is 64.2 Å². The monoisotopic (exact) mass is 354 g/mol. The first-order chi connectivity index (χ1) is 12.0. The normalized spacial score (nSPS) is 11.1. The summed E-state index contributed by atoms with van der Waals surface area (Å²) in [5.74, 6) is -0.515. The van der Waals surface area contributed by atoms with Crippen molar-refractivity contribution in [3.8, 4) is 6.07 Å². The minimum atomic E-state index is -0.515. The topological polar surface area (TPSA) is 72.3 Å². The summed E-state index contributed by atoms with van der Waals surface area (Å²) in [6.07, 6.45) is 6.51. The van der Waals surface area contributed by atoms with Crippen molar-refractivity contribution in [2.24, 2.45) is 7.05 Å². The average Bonchev–Trinajstić information content (AvgIpc) is 3.08. The number of rotatable bonds is 4. The van der Waals surface area contributed by atoms with Crippen molar-refractivity contribution in [2.75, 3.05) is 0 Å². The Morgan fingerprint density at radius 3 is 2.96 bits per heavy atom. The Kier molecular flexibility index (Phi) is 4.59. The predicted octanol–water partition coefficient (Wildman–Crippen LogP) is 3.26. The largest absolute Gasteiger partial charge is 0.458 e. The molecule has 0 unspecified atom stereocenters. The predicted molar refractivity (Wildman–Crippen MR) is 93.9 cm³/mol. The number of halogens is 1. The van der Waals surface area contributed by atoms with E-state index >= 15 is 0 Å². The lowest BCUT2D eigenvalue weighted by Gasteiger charge is -2.00. The fourth-order valence-electron chi connectivity index (χ4n) is 2.60. The number of esters is 1. The number of carbonyl (C=O) groups is 1. The van der Waals surface area contributed by atoms with Gasteiger partial charge in [-0.15, -0.1) is 0 Å². The van der Waals surface area contributed by atoms with Crippen molar-refractivity contribution in [1.29, 1.82) is 5.26 Å². The molecule has 3 rings (SSSR count). The second-order valence-electron chi connectivity index (χ2n) is 5.49. The van der Waals surface area contributed by atoms with Crippen LogP contribution >= 0.6 is 11.6 Å². The van der Waals surface area contributed by atoms with Crippen LogP contribution in [0.4, 0.5) is 0 Å². The summed E-state index contributed by atoms with van der Waals surface area (Å²) < 4.78 is 8.61. The van der Waals surface area contributed by atoms with Gasteiger partial charge < -0.3 is 9.14 Å². The number of ether oxygens (including phenoxy) is 1. The highest BCUT2D eigenvalue weighted by atomic mass is 35.5. The average molecular weight is 355 g/mol. The number of carbonyl (C=O) groups excluding carboxylic acids is 1. The van der Waals surface area contributed by atoms with Gasteiger partial charge in [-0.25, -0.2) is 4.79 Å². The number of nitriles is 1. The molecule has 0 fully saturated rings. The number of aryl methyl sites for hydroxylation is 2. The molecule has 0 aliphatic carbocycles. The fraction of sp³-hybridized carbons (Fsp3) is 0.167. The molecule has 126 valence electrons. The van der Waals surface area contributed by atoms with Gasteiger partial charge in [0.2, 0.25) is 0 Å². The van der Waals surface area contributed by atoms with E-state index in [0.29, 0.717) is 21.8 Å². The summed E-state index contributed by atoms with van der Waals surface area (Å²) in [4.78, 5) is 12.0. The van der Waals surface area contributed by atoms with E-state index in [2.05, 4.69) is 11.2 Å². The summed E-state index contributed by atoms with van der Waals surface area (Å²) >= 11 is 6.11. The lowest BCUT2D eigenvalue weighted by Crippen LogP contribution is -2.01. The van der Waals surface area contributed by atoms with Gasteiger partial charge in [-0.05, 0) is 25.1 Å². The molecule has 0 aliphatic rings. The molecule has 6 nitrogen and oxygen atoms in total. The molecule has 0 bridgehead atoms. The van der Waals surface area contributed by atoms with Gasteiger partial charge >= 0.3 is 5.97 Å². The minimum Gasteiger partial charge on any atom is -0.458 e. The van der Waals surface area contributed by atoms with Gasteiger partial charge in [-0.2, -0.15) is 10.4 Å². The van der Waals surface area contributed by atoms with Gasteiger partial charge in [0.1, 0.15) is 17.8 Å². The van der Waals surface area contributed by atoms with Crippen molar-refractivity contribution >= 4 is 29.2 Å². The summed E-state index contributed by atoms with van der Waals surface area (Å²) in [6.45, 7) is 1.83. The molecule has 3 heterocycles. The number of pyridine rings is 1. The van der Waals surface area contributed by atoms with Crippen LogP contribution < -0.4 is 0 Å². The summed E-state index contributed by atoms with van der Waals surface area (Å²) in [5.41, 5.74) is 3.34. The van der Waals surface area contributed by atoms with Crippen LogP contribution in [0.5, 0.6) is 0 Å². The molecule has 0 saturated heterocycles. The Labute approximate surface area is 149 Å². The Bertz CT molecular complexity index is 1020. The molecule has 3 aromatic rings. The Balaban J connectivity index is 1.73. The lowest BCUT2D eigenvalue weighted by molar-refractivity contribution is -0.138. The lowest BCUT2D eigenvalue weighted by atomic mass is 10.2. The van der Waals surface area contributed by atoms with Crippen molar-refractivity contribution in [3.63, 3.8) is 0 Å². The van der Waals surface area contributed by atoms with Gasteiger partial charge in [-0.1, -0.05) is 17.7 Å². The van der Waals surface area contributed by atoms with Gasteiger partial charge in [0, 0.05) is 36.6 Å². The van der Waals surface area contributed by atoms with E-state index in [9.17, 15) is 10.1 Å². The zero-order chi connectivity index (χ0) is 18.0. The first-order valence-corrected chi connectivity index (χ1v) is 7.91. The van der Waals surface area contributed by atoms with Crippen LogP contribution in [0.3, 0.4) is 0 Å². The van der Waals surface area contributed by atoms with E-state index in [1.165, 1.54) is 10.8 Å². The van der Waals surface area contributed by atoms with Crippen LogP contribution in [0.15, 0.2) is 36.7 Å². The Morgan fingerprint density at radius 2 is 2.28 bits per heavy atom. The summed E-state index contributed by atoms with van der Waals surface area (Å²) in [7, 11) is 1.73. The zero-order valence-electron chi connectivity index (χ0n) is 13.7. The number of nitrogens with zero attached hydrogens (tertiary/aromatic N) is 4. The van der Waals surface area contributed by atoms with Gasteiger partial charge in [-0.3, -0.25) is 4.68 Å². The third-order valence-electron chi connectivity index (χ3n) is 3.83. The van der Waals surface area contributed by atoms with Crippen LogP contribution in [0.2, 0.25) is 5.15 Å². The van der Waals surface area contributed by atoms with E-state index in [-0.39, 0.29) is 6.61 Å². The molecule has 0 saturated carbocycles. The van der Waals surface area contributed by atoms with Crippen LogP contribution in [0.1, 0.15) is 22.4 Å². The van der Waals surface area contributed by atoms with E-state index in [0.717, 1.165) is 11.2 Å². The van der Waals surface area contributed by atoms with Gasteiger partial charge in [0.25, 0.3) is 0 Å². The second kappa shape index (κ2) is 6.83. The Hall–Kier alpha value is -3.04. The first kappa shape index (κ1) is 16.8. The van der Waals surface area contributed by atoms with E-state index in [1.54, 1.807) is 19.3 Å². The van der Waals surface area contributed by atoms with E-state index in [4.69, 9.17) is 16.3 Å². The second-order valence-corrected chi connectivity index (χ2v) is 5.85. The molecular formula is C18H15ClN4O2. The number of hydrogen-bond donors (Lipinski definition) is 0. The van der Waals surface area contributed by atoms with Crippen molar-refractivity contribution in [1.82, 2.24) is 14.2 Å². The third kappa shape index (κ3) is 3.28. The quantitative estimate of drug-likeness (QED) is 0.532. The molecule has 0 radical (unpaired) electrons. The summed E-state index contributed by atoms with van der Waals surface area (Å²) in [6, 6.07) is 7.73. The smallest absolute Gasteiger partial charge is 0.331 e. The Morgan fingerprint density at radius 1 is 1.48 bits per heavy atom. The summed E-state index contributed by atoms with van der Waals surface area (Å²) in [5, 5.41) is 14.0. The molecular weight excluding hydrogens is 340 g/mol. The zero-order valence-corrected chi connectivity index (χ0v) is 14.5. The molecule has 0 N–H and O–H groups in total. The van der Waals surface area contributed by atoms with E-state index < -0.39 is 5.97 Å². The van der Waals surface area contributed by atoms with Crippen molar-refractivity contribution < 1.29 is 9.53 Å². The molecule has 0 amide bonds. The fourth-order valence-corrected chi connectivity index (χ4v) is 2.84. The third-order valence-corrected chi connectivity index (χ3v) is 4.27. The maximum atomic E-state index is 12.0. The number of fused-ring (bicyclic) bond motifs is 1. The van der Waals surface area contributed by atoms with Gasteiger partial charge in [0.05, 0.1) is 16.8 Å². The molecule has 0 atom stereocenters. The van der Waals surface area contributed by atoms with Crippen molar-refractivity contribution in [2.45, 2.75) is 13.5 Å². The molecule has 0 aliphatic heterocycles. The van der Waals surface area contributed by atoms with E-state index in [1.807, 2.05) is 35.7 Å². The van der Waals surface area contributed by atoms with Gasteiger partial charge in [0.15, 0.2) is 0 Å². The number of hydrogen-bond acceptors (Lipinski definition) is 4. The highest BCUT2D eigenvalue weighted by Gasteiger charge is 2.12. The minimum absolute atomic E-state index is 0.0213. The highest BCUT2D eigenvalue weighted by molar-refractivity contribution is 6.31. The molecule has 25 heavy (non-hydrogen) atoms. The van der Waals surface area contributed by atoms with Crippen LogP contribution in [0.25, 0.3) is 11.6 Å². The molecule has 0 spiro atoms. The molecule has 7 heteroatoms. The SMILES string of the molecule is Cc1nn(C)c(Cl)c1/C=C/C(=O)OCc1cn2ccccc2c1C#N. The van der Waals surface area contributed by atoms with Crippen LogP contribution in [-0.4, -0.2) is 20.2 Å². The first-order valence-electron chi connectivity index (χ1n) is 7.54. The maximum Gasteiger partial charge on any atom is 0.331 e. The maximum absolute atomic E-state index is 12.0. The molecule has 0 aromatic carbocycles. The highest BCUT2D eigenvalue weighted by Crippen LogP contribution is 2.21. The number of aromatic nitrogens is 3.